The molecule has 2 heterocycles. The van der Waals surface area contributed by atoms with Gasteiger partial charge in [0.05, 0.1) is 0 Å². The van der Waals surface area contributed by atoms with Crippen LogP contribution in [0.3, 0.4) is 0 Å². The molecule has 12 rings (SSSR count). The van der Waals surface area contributed by atoms with Gasteiger partial charge in [-0.1, -0.05) is 92.9 Å². The molecule has 3 fully saturated rings. The van der Waals surface area contributed by atoms with E-state index in [4.69, 9.17) is 0 Å². The molecule has 10 unspecified atom stereocenters. The summed E-state index contributed by atoms with van der Waals surface area (Å²) in [7, 11) is 0. The van der Waals surface area contributed by atoms with E-state index in [1.807, 2.05) is 34.8 Å². The minimum atomic E-state index is 0.178. The molecule has 2 saturated carbocycles. The van der Waals surface area contributed by atoms with Gasteiger partial charge < -0.3 is 15.1 Å². The summed E-state index contributed by atoms with van der Waals surface area (Å²) in [5, 5.41) is 3.85. The SMILES string of the molecule is CCC1=CC(N(C2=CCCCC2C2C=CC=CC2)c2ccncc2)=C2C=C3C4=C(CCC3(C)C)CC(N(C3=C5CNCCC53)C3CCCCC3C3=CCCCC3)C3CCC1C2C43. The molecular formula is C58H74N4. The lowest BCUT2D eigenvalue weighted by Crippen LogP contribution is -2.57. The van der Waals surface area contributed by atoms with Crippen molar-refractivity contribution in [2.75, 3.05) is 18.0 Å². The van der Waals surface area contributed by atoms with Crippen molar-refractivity contribution < 1.29 is 0 Å². The molecule has 0 aromatic carbocycles. The molecule has 10 aliphatic carbocycles. The van der Waals surface area contributed by atoms with Gasteiger partial charge in [0.2, 0.25) is 0 Å². The Morgan fingerprint density at radius 2 is 1.69 bits per heavy atom. The number of nitrogens with zero attached hydrogens (tertiary/aromatic N) is 3. The van der Waals surface area contributed by atoms with Crippen molar-refractivity contribution in [2.24, 2.45) is 52.8 Å². The third-order valence-corrected chi connectivity index (χ3v) is 18.8. The van der Waals surface area contributed by atoms with Gasteiger partial charge in [-0.05, 0) is 191 Å². The van der Waals surface area contributed by atoms with Crippen LogP contribution in [-0.4, -0.2) is 35.1 Å². The minimum absolute atomic E-state index is 0.178. The van der Waals surface area contributed by atoms with Crippen molar-refractivity contribution in [1.82, 2.24) is 15.2 Å². The average Bonchev–Trinajstić information content (AvgIpc) is 4.05. The van der Waals surface area contributed by atoms with Gasteiger partial charge in [0.1, 0.15) is 0 Å². The molecule has 62 heavy (non-hydrogen) atoms. The predicted octanol–water partition coefficient (Wildman–Crippen LogP) is 13.6. The first-order valence-electron chi connectivity index (χ1n) is 26.0. The summed E-state index contributed by atoms with van der Waals surface area (Å²) < 4.78 is 0. The van der Waals surface area contributed by atoms with Gasteiger partial charge in [-0.15, -0.1) is 0 Å². The normalized spacial score (nSPS) is 36.8. The number of fused-ring (bicyclic) bond motifs is 1. The molecule has 0 amide bonds. The van der Waals surface area contributed by atoms with E-state index in [0.717, 1.165) is 31.2 Å². The molecule has 1 N–H and O–H groups in total. The van der Waals surface area contributed by atoms with Crippen LogP contribution in [0.1, 0.15) is 143 Å². The molecule has 0 bridgehead atoms. The van der Waals surface area contributed by atoms with E-state index < -0.39 is 0 Å². The van der Waals surface area contributed by atoms with E-state index >= 15 is 0 Å². The quantitative estimate of drug-likeness (QED) is 0.251. The summed E-state index contributed by atoms with van der Waals surface area (Å²) in [6.07, 6.45) is 49.6. The Kier molecular flexibility index (Phi) is 10.4. The van der Waals surface area contributed by atoms with E-state index in [2.05, 4.69) is 102 Å². The van der Waals surface area contributed by atoms with E-state index in [1.165, 1.54) is 127 Å². The second kappa shape index (κ2) is 16.1. The van der Waals surface area contributed by atoms with Gasteiger partial charge in [-0.25, -0.2) is 0 Å². The first kappa shape index (κ1) is 39.9. The van der Waals surface area contributed by atoms with Crippen LogP contribution in [0.2, 0.25) is 0 Å². The monoisotopic (exact) mass is 827 g/mol. The molecule has 326 valence electrons. The van der Waals surface area contributed by atoms with Gasteiger partial charge in [-0.2, -0.15) is 0 Å². The molecule has 1 aromatic rings. The highest BCUT2D eigenvalue weighted by Crippen LogP contribution is 2.66. The maximum atomic E-state index is 4.60. The van der Waals surface area contributed by atoms with Crippen LogP contribution in [0.5, 0.6) is 0 Å². The Labute approximate surface area is 374 Å². The fraction of sp³-hybridized carbons (Fsp3) is 0.603. The van der Waals surface area contributed by atoms with Crippen molar-refractivity contribution >= 4 is 5.69 Å². The average molecular weight is 827 g/mol. The zero-order valence-corrected chi connectivity index (χ0v) is 38.4. The highest BCUT2D eigenvalue weighted by molar-refractivity contribution is 5.68. The maximum Gasteiger partial charge on any atom is 0.0493 e. The van der Waals surface area contributed by atoms with Gasteiger partial charge in [0.15, 0.2) is 0 Å². The van der Waals surface area contributed by atoms with E-state index in [1.54, 1.807) is 28.0 Å². The predicted molar refractivity (Wildman–Crippen MR) is 256 cm³/mol. The Bertz CT molecular complexity index is 2240. The molecule has 4 heteroatoms. The van der Waals surface area contributed by atoms with Gasteiger partial charge in [-0.3, -0.25) is 4.98 Å². The molecule has 0 spiro atoms. The maximum absolute atomic E-state index is 4.60. The number of hydrogen-bond acceptors (Lipinski definition) is 4. The summed E-state index contributed by atoms with van der Waals surface area (Å²) in [6, 6.07) is 5.92. The third-order valence-electron chi connectivity index (χ3n) is 18.8. The number of hydrogen-bond donors (Lipinski definition) is 1. The lowest BCUT2D eigenvalue weighted by atomic mass is 9.47. The number of rotatable bonds is 9. The van der Waals surface area contributed by atoms with E-state index in [0.29, 0.717) is 47.6 Å². The topological polar surface area (TPSA) is 31.4 Å². The summed E-state index contributed by atoms with van der Waals surface area (Å²) in [4.78, 5) is 10.7. The fourth-order valence-electron chi connectivity index (χ4n) is 15.9. The lowest BCUT2D eigenvalue weighted by Gasteiger charge is -2.61. The molecule has 0 radical (unpaired) electrons. The standard InChI is InChI=1S/C58H74N4/c1-4-37-33-53(61(41-26-30-59-31-27-41)50-21-13-11-19-42(50)38-15-7-5-8-16-38)47-35-49-54-40(25-29-58(49,2)3)34-52(46-24-23-44(37)55(47)56(46)54)62(57-45-28-32-60-36-48(45)57)51-22-14-12-20-43(51)39-17-9-6-10-18-39/h5,7-8,15,17,21,26-27,30-31,33,35,38,42-46,51-52,55-56,60H,4,6,9-14,16,18-20,22-25,28-29,32,34,36H2,1-3H3. The third kappa shape index (κ3) is 6.56. The zero-order valence-electron chi connectivity index (χ0n) is 38.4. The van der Waals surface area contributed by atoms with Crippen LogP contribution in [0.15, 0.2) is 129 Å². The molecule has 10 atom stereocenters. The number of aromatic nitrogens is 1. The number of pyridine rings is 1. The van der Waals surface area contributed by atoms with Crippen LogP contribution in [0.25, 0.3) is 0 Å². The van der Waals surface area contributed by atoms with Crippen molar-refractivity contribution in [3.05, 3.63) is 129 Å². The lowest BCUT2D eigenvalue weighted by molar-refractivity contribution is 0.0169. The highest BCUT2D eigenvalue weighted by atomic mass is 15.2. The Morgan fingerprint density at radius 1 is 0.823 bits per heavy atom. The van der Waals surface area contributed by atoms with Crippen LogP contribution in [0, 0.1) is 52.8 Å². The molecule has 4 nitrogen and oxygen atoms in total. The van der Waals surface area contributed by atoms with Gasteiger partial charge in [0.25, 0.3) is 0 Å². The summed E-state index contributed by atoms with van der Waals surface area (Å²) in [5.41, 5.74) is 18.8. The van der Waals surface area contributed by atoms with Crippen LogP contribution in [-0.2, 0) is 0 Å². The van der Waals surface area contributed by atoms with Crippen LogP contribution in [0.4, 0.5) is 5.69 Å². The van der Waals surface area contributed by atoms with Crippen molar-refractivity contribution in [3.8, 4) is 0 Å². The van der Waals surface area contributed by atoms with E-state index in [9.17, 15) is 0 Å². The first-order valence-corrected chi connectivity index (χ1v) is 26.0. The molecule has 1 aromatic heterocycles. The Hall–Kier alpha value is -3.63. The second-order valence-corrected chi connectivity index (χ2v) is 22.3. The molecular weight excluding hydrogens is 753 g/mol. The summed E-state index contributed by atoms with van der Waals surface area (Å²) in [6.45, 7) is 10.0. The fourth-order valence-corrected chi connectivity index (χ4v) is 15.9. The smallest absolute Gasteiger partial charge is 0.0493 e. The largest absolute Gasteiger partial charge is 0.367 e. The summed E-state index contributed by atoms with van der Waals surface area (Å²) in [5.74, 6) is 5.02. The van der Waals surface area contributed by atoms with Crippen molar-refractivity contribution in [1.29, 1.82) is 0 Å². The van der Waals surface area contributed by atoms with Crippen LogP contribution >= 0.6 is 0 Å². The molecule has 1 saturated heterocycles. The number of nitrogens with one attached hydrogen (secondary N) is 1. The Morgan fingerprint density at radius 3 is 2.50 bits per heavy atom. The number of piperidine rings is 1. The van der Waals surface area contributed by atoms with Crippen LogP contribution < -0.4 is 10.2 Å². The summed E-state index contributed by atoms with van der Waals surface area (Å²) >= 11 is 0. The van der Waals surface area contributed by atoms with Crippen molar-refractivity contribution in [2.45, 2.75) is 155 Å². The van der Waals surface area contributed by atoms with Gasteiger partial charge >= 0.3 is 0 Å². The zero-order chi connectivity index (χ0) is 41.5. The Balaban J connectivity index is 1.03. The highest BCUT2D eigenvalue weighted by Gasteiger charge is 2.59. The van der Waals surface area contributed by atoms with Crippen molar-refractivity contribution in [3.63, 3.8) is 0 Å². The van der Waals surface area contributed by atoms with Gasteiger partial charge in [0, 0.05) is 71.6 Å². The minimum Gasteiger partial charge on any atom is -0.367 e. The number of allylic oxidation sites excluding steroid dienone is 14. The van der Waals surface area contributed by atoms with E-state index in [-0.39, 0.29) is 5.41 Å². The molecule has 1 aliphatic heterocycles. The second-order valence-electron chi connectivity index (χ2n) is 22.3. The first-order chi connectivity index (χ1) is 30.5. The number of anilines is 1. The molecule has 11 aliphatic rings.